The van der Waals surface area contributed by atoms with Crippen molar-refractivity contribution in [1.82, 2.24) is 15.1 Å². The Bertz CT molecular complexity index is 441. The summed E-state index contributed by atoms with van der Waals surface area (Å²) < 4.78 is 1.87. The first-order chi connectivity index (χ1) is 8.83. The number of hydrogen-bond donors (Lipinski definition) is 1. The van der Waals surface area contributed by atoms with Crippen LogP contribution in [0, 0.1) is 0 Å². The molecule has 0 radical (unpaired) electrons. The van der Waals surface area contributed by atoms with Crippen molar-refractivity contribution in [3.8, 4) is 5.69 Å². The van der Waals surface area contributed by atoms with Crippen LogP contribution in [0.1, 0.15) is 32.3 Å². The molecule has 0 spiro atoms. The van der Waals surface area contributed by atoms with Crippen LogP contribution in [0.5, 0.6) is 0 Å². The van der Waals surface area contributed by atoms with Crippen LogP contribution >= 0.6 is 0 Å². The van der Waals surface area contributed by atoms with Crippen molar-refractivity contribution in [1.29, 1.82) is 0 Å². The van der Waals surface area contributed by atoms with E-state index in [1.165, 1.54) is 18.4 Å². The third-order valence-electron chi connectivity index (χ3n) is 3.29. The Balaban J connectivity index is 1.96. The zero-order valence-corrected chi connectivity index (χ0v) is 11.1. The molecule has 18 heavy (non-hydrogen) atoms. The van der Waals surface area contributed by atoms with Gasteiger partial charge in [-0.05, 0) is 36.6 Å². The van der Waals surface area contributed by atoms with Gasteiger partial charge in [0.1, 0.15) is 0 Å². The third-order valence-corrected chi connectivity index (χ3v) is 3.29. The first-order valence-corrected chi connectivity index (χ1v) is 6.65. The molecule has 0 fully saturated rings. The lowest BCUT2D eigenvalue weighted by Crippen LogP contribution is -2.26. The predicted octanol–water partition coefficient (Wildman–Crippen LogP) is 3.15. The second kappa shape index (κ2) is 6.36. The average Bonchev–Trinajstić information content (AvgIpc) is 2.94. The fourth-order valence-corrected chi connectivity index (χ4v) is 2.03. The van der Waals surface area contributed by atoms with Crippen LogP contribution in [0.25, 0.3) is 5.69 Å². The zero-order chi connectivity index (χ0) is 12.8. The Kier molecular flexibility index (Phi) is 4.53. The van der Waals surface area contributed by atoms with Gasteiger partial charge in [0.15, 0.2) is 0 Å². The van der Waals surface area contributed by atoms with Gasteiger partial charge in [-0.15, -0.1) is 0 Å². The highest BCUT2D eigenvalue weighted by molar-refractivity contribution is 5.33. The molecule has 3 nitrogen and oxygen atoms in total. The van der Waals surface area contributed by atoms with Gasteiger partial charge in [0.25, 0.3) is 0 Å². The van der Waals surface area contributed by atoms with E-state index >= 15 is 0 Å². The maximum Gasteiger partial charge on any atom is 0.0645 e. The van der Waals surface area contributed by atoms with Gasteiger partial charge < -0.3 is 5.32 Å². The molecule has 0 unspecified atom stereocenters. The smallest absolute Gasteiger partial charge is 0.0645 e. The van der Waals surface area contributed by atoms with Gasteiger partial charge >= 0.3 is 0 Å². The summed E-state index contributed by atoms with van der Waals surface area (Å²) >= 11 is 0. The van der Waals surface area contributed by atoms with E-state index in [1.54, 1.807) is 6.20 Å². The van der Waals surface area contributed by atoms with Gasteiger partial charge in [-0.1, -0.05) is 26.0 Å². The van der Waals surface area contributed by atoms with E-state index in [1.807, 2.05) is 16.9 Å². The molecule has 0 bridgehead atoms. The van der Waals surface area contributed by atoms with E-state index in [9.17, 15) is 0 Å². The first kappa shape index (κ1) is 12.8. The van der Waals surface area contributed by atoms with Gasteiger partial charge in [-0.3, -0.25) is 0 Å². The van der Waals surface area contributed by atoms with Crippen LogP contribution in [-0.4, -0.2) is 15.8 Å². The lowest BCUT2D eigenvalue weighted by atomic mass is 10.1. The highest BCUT2D eigenvalue weighted by atomic mass is 15.3. The molecule has 96 valence electrons. The average molecular weight is 243 g/mol. The molecule has 2 rings (SSSR count). The standard InChI is InChI=1S/C15H21N3/c1-3-14(4-2)16-12-13-6-8-15(9-7-13)18-11-5-10-17-18/h5-11,14,16H,3-4,12H2,1-2H3. The molecule has 0 aliphatic rings. The predicted molar refractivity (Wildman–Crippen MR) is 74.8 cm³/mol. The second-order valence-corrected chi connectivity index (χ2v) is 4.51. The summed E-state index contributed by atoms with van der Waals surface area (Å²) in [6, 6.07) is 11.1. The first-order valence-electron chi connectivity index (χ1n) is 6.65. The lowest BCUT2D eigenvalue weighted by molar-refractivity contribution is 0.484. The molecule has 1 aromatic heterocycles. The van der Waals surface area contributed by atoms with E-state index in [0.29, 0.717) is 6.04 Å². The van der Waals surface area contributed by atoms with Gasteiger partial charge in [0.2, 0.25) is 0 Å². The van der Waals surface area contributed by atoms with Crippen molar-refractivity contribution >= 4 is 0 Å². The van der Waals surface area contributed by atoms with Gasteiger partial charge in [-0.25, -0.2) is 4.68 Å². The Morgan fingerprint density at radius 1 is 1.17 bits per heavy atom. The Hall–Kier alpha value is -1.61. The molecule has 2 aromatic rings. The summed E-state index contributed by atoms with van der Waals surface area (Å²) in [6.45, 7) is 5.38. The topological polar surface area (TPSA) is 29.9 Å². The lowest BCUT2D eigenvalue weighted by Gasteiger charge is -2.14. The number of hydrogen-bond acceptors (Lipinski definition) is 2. The van der Waals surface area contributed by atoms with Crippen LogP contribution in [0.4, 0.5) is 0 Å². The minimum atomic E-state index is 0.621. The number of benzene rings is 1. The zero-order valence-electron chi connectivity index (χ0n) is 11.1. The molecular formula is C15H21N3. The summed E-state index contributed by atoms with van der Waals surface area (Å²) in [4.78, 5) is 0. The van der Waals surface area contributed by atoms with E-state index in [0.717, 1.165) is 12.2 Å². The maximum atomic E-state index is 4.22. The number of nitrogens with zero attached hydrogens (tertiary/aromatic N) is 2. The summed E-state index contributed by atoms with van der Waals surface area (Å²) in [7, 11) is 0. The molecule has 1 aromatic carbocycles. The fourth-order valence-electron chi connectivity index (χ4n) is 2.03. The van der Waals surface area contributed by atoms with Crippen LogP contribution in [-0.2, 0) is 6.54 Å². The molecule has 0 saturated heterocycles. The molecule has 0 aliphatic heterocycles. The van der Waals surface area contributed by atoms with Crippen LogP contribution in [0.2, 0.25) is 0 Å². The maximum absolute atomic E-state index is 4.22. The van der Waals surface area contributed by atoms with Crippen molar-refractivity contribution in [2.24, 2.45) is 0 Å². The van der Waals surface area contributed by atoms with E-state index in [2.05, 4.69) is 48.5 Å². The molecule has 0 atom stereocenters. The minimum absolute atomic E-state index is 0.621. The van der Waals surface area contributed by atoms with Crippen LogP contribution in [0.3, 0.4) is 0 Å². The van der Waals surface area contributed by atoms with Crippen molar-refractivity contribution < 1.29 is 0 Å². The summed E-state index contributed by atoms with van der Waals surface area (Å²) in [5.41, 5.74) is 2.42. The summed E-state index contributed by atoms with van der Waals surface area (Å²) in [6.07, 6.45) is 6.11. The highest BCUT2D eigenvalue weighted by Crippen LogP contribution is 2.09. The van der Waals surface area contributed by atoms with Crippen molar-refractivity contribution in [2.75, 3.05) is 0 Å². The summed E-state index contributed by atoms with van der Waals surface area (Å²) in [5.74, 6) is 0. The second-order valence-electron chi connectivity index (χ2n) is 4.51. The van der Waals surface area contributed by atoms with E-state index in [4.69, 9.17) is 0 Å². The van der Waals surface area contributed by atoms with Crippen LogP contribution < -0.4 is 5.32 Å². The Morgan fingerprint density at radius 2 is 1.89 bits per heavy atom. The number of aromatic nitrogens is 2. The quantitative estimate of drug-likeness (QED) is 0.844. The molecule has 1 heterocycles. The van der Waals surface area contributed by atoms with Crippen molar-refractivity contribution in [3.05, 3.63) is 48.3 Å². The molecule has 1 N–H and O–H groups in total. The largest absolute Gasteiger partial charge is 0.310 e. The van der Waals surface area contributed by atoms with Gasteiger partial charge in [0, 0.05) is 25.0 Å². The van der Waals surface area contributed by atoms with Gasteiger partial charge in [0.05, 0.1) is 5.69 Å². The van der Waals surface area contributed by atoms with E-state index < -0.39 is 0 Å². The monoisotopic (exact) mass is 243 g/mol. The Labute approximate surface area is 109 Å². The van der Waals surface area contributed by atoms with Crippen LogP contribution in [0.15, 0.2) is 42.7 Å². The van der Waals surface area contributed by atoms with Gasteiger partial charge in [-0.2, -0.15) is 5.10 Å². The molecule has 0 aliphatic carbocycles. The van der Waals surface area contributed by atoms with E-state index in [-0.39, 0.29) is 0 Å². The van der Waals surface area contributed by atoms with Crippen molar-refractivity contribution in [3.63, 3.8) is 0 Å². The Morgan fingerprint density at radius 3 is 2.44 bits per heavy atom. The normalized spacial score (nSPS) is 11.1. The summed E-state index contributed by atoms with van der Waals surface area (Å²) in [5, 5.41) is 7.79. The van der Waals surface area contributed by atoms with Crippen molar-refractivity contribution in [2.45, 2.75) is 39.3 Å². The number of nitrogens with one attached hydrogen (secondary N) is 1. The SMILES string of the molecule is CCC(CC)NCc1ccc(-n2cccn2)cc1. The number of rotatable bonds is 6. The molecule has 0 amide bonds. The third kappa shape index (κ3) is 3.20. The molecule has 3 heteroatoms. The fraction of sp³-hybridized carbons (Fsp3) is 0.400. The highest BCUT2D eigenvalue weighted by Gasteiger charge is 2.02. The molecular weight excluding hydrogens is 222 g/mol. The minimum Gasteiger partial charge on any atom is -0.310 e. The molecule has 0 saturated carbocycles.